The van der Waals surface area contributed by atoms with E-state index in [1.807, 2.05) is 0 Å². The van der Waals surface area contributed by atoms with Gasteiger partial charge in [0.05, 0.1) is 0 Å². The maximum Gasteiger partial charge on any atom is -0.00744 e. The smallest absolute Gasteiger partial charge is 0.00744 e. The van der Waals surface area contributed by atoms with Crippen molar-refractivity contribution in [1.82, 2.24) is 0 Å². The Morgan fingerprint density at radius 1 is 0.917 bits per heavy atom. The Kier molecular flexibility index (Phi) is 2.69. The quantitative estimate of drug-likeness (QED) is 0.672. The van der Waals surface area contributed by atoms with Crippen LogP contribution < -0.4 is 5.73 Å². The molecule has 2 N–H and O–H groups in total. The third kappa shape index (κ3) is 1.52. The molecule has 0 aliphatic heterocycles. The largest absolute Gasteiger partial charge is 0.330 e. The zero-order valence-electron chi connectivity index (χ0n) is 7.97. The topological polar surface area (TPSA) is 26.0 Å². The molecule has 0 aromatic rings. The van der Waals surface area contributed by atoms with E-state index >= 15 is 0 Å². The summed E-state index contributed by atoms with van der Waals surface area (Å²) >= 11 is 0. The average Bonchev–Trinajstić information content (AvgIpc) is 2.04. The van der Waals surface area contributed by atoms with E-state index in [9.17, 15) is 0 Å². The van der Waals surface area contributed by atoms with Crippen LogP contribution >= 0.6 is 0 Å². The van der Waals surface area contributed by atoms with E-state index < -0.39 is 0 Å². The Hall–Kier alpha value is -0.0400. The lowest BCUT2D eigenvalue weighted by Crippen LogP contribution is -2.33. The monoisotopic (exact) mass is 167 g/mol. The summed E-state index contributed by atoms with van der Waals surface area (Å²) in [6.45, 7) is 0.914. The van der Waals surface area contributed by atoms with Gasteiger partial charge in [0.25, 0.3) is 0 Å². The minimum absolute atomic E-state index is 0.914. The first-order valence-corrected chi connectivity index (χ1v) is 5.62. The highest BCUT2D eigenvalue weighted by Gasteiger charge is 2.35. The molecule has 2 aliphatic carbocycles. The third-order valence-corrected chi connectivity index (χ3v) is 4.01. The molecule has 70 valence electrons. The van der Waals surface area contributed by atoms with Gasteiger partial charge in [-0.25, -0.2) is 0 Å². The molecule has 0 heterocycles. The fourth-order valence-electron chi connectivity index (χ4n) is 3.48. The fourth-order valence-corrected chi connectivity index (χ4v) is 3.48. The van der Waals surface area contributed by atoms with Crippen molar-refractivity contribution in [3.05, 3.63) is 0 Å². The van der Waals surface area contributed by atoms with Crippen LogP contribution in [0.1, 0.15) is 44.9 Å². The van der Waals surface area contributed by atoms with Crippen LogP contribution in [0.2, 0.25) is 0 Å². The van der Waals surface area contributed by atoms with Gasteiger partial charge >= 0.3 is 0 Å². The Morgan fingerprint density at radius 2 is 1.42 bits per heavy atom. The van der Waals surface area contributed by atoms with Crippen LogP contribution in [-0.2, 0) is 0 Å². The van der Waals surface area contributed by atoms with Crippen LogP contribution in [0.5, 0.6) is 0 Å². The lowest BCUT2D eigenvalue weighted by Gasteiger charge is -2.42. The Morgan fingerprint density at radius 3 is 1.83 bits per heavy atom. The van der Waals surface area contributed by atoms with Crippen molar-refractivity contribution in [3.8, 4) is 0 Å². The second-order valence-electron chi connectivity index (χ2n) is 4.62. The first-order valence-electron chi connectivity index (χ1n) is 5.62. The van der Waals surface area contributed by atoms with E-state index in [1.165, 1.54) is 44.9 Å². The van der Waals surface area contributed by atoms with E-state index in [2.05, 4.69) is 0 Å². The molecule has 2 aliphatic rings. The second-order valence-corrected chi connectivity index (χ2v) is 4.62. The zero-order valence-corrected chi connectivity index (χ0v) is 7.97. The standard InChI is InChI=1S/C11H21N/c12-8-7-11-9-3-1-4-10(11)6-2-5-9/h9-11H,1-8,12H2. The Balaban J connectivity index is 1.98. The average molecular weight is 167 g/mol. The van der Waals surface area contributed by atoms with Gasteiger partial charge in [0, 0.05) is 0 Å². The van der Waals surface area contributed by atoms with Gasteiger partial charge in [0.1, 0.15) is 0 Å². The number of nitrogens with two attached hydrogens (primary N) is 1. The maximum atomic E-state index is 5.66. The number of hydrogen-bond donors (Lipinski definition) is 1. The minimum atomic E-state index is 0.914. The summed E-state index contributed by atoms with van der Waals surface area (Å²) in [4.78, 5) is 0. The predicted molar refractivity (Wildman–Crippen MR) is 51.8 cm³/mol. The maximum absolute atomic E-state index is 5.66. The van der Waals surface area contributed by atoms with Gasteiger partial charge in [-0.05, 0) is 30.7 Å². The molecule has 0 radical (unpaired) electrons. The number of rotatable bonds is 2. The van der Waals surface area contributed by atoms with E-state index in [4.69, 9.17) is 5.73 Å². The van der Waals surface area contributed by atoms with Gasteiger partial charge in [-0.15, -0.1) is 0 Å². The van der Waals surface area contributed by atoms with Crippen LogP contribution in [0.4, 0.5) is 0 Å². The van der Waals surface area contributed by atoms with Crippen molar-refractivity contribution in [2.75, 3.05) is 6.54 Å². The summed E-state index contributed by atoms with van der Waals surface area (Å²) in [6, 6.07) is 0. The highest BCUT2D eigenvalue weighted by Crippen LogP contribution is 2.45. The molecule has 1 nitrogen and oxygen atoms in total. The van der Waals surface area contributed by atoms with E-state index in [0.717, 1.165) is 24.3 Å². The number of hydrogen-bond acceptors (Lipinski definition) is 1. The SMILES string of the molecule is NCCC1C2CCCC1CCC2. The van der Waals surface area contributed by atoms with Crippen LogP contribution in [0.15, 0.2) is 0 Å². The molecule has 2 fully saturated rings. The predicted octanol–water partition coefficient (Wildman–Crippen LogP) is 2.55. The van der Waals surface area contributed by atoms with Crippen molar-refractivity contribution in [1.29, 1.82) is 0 Å². The summed E-state index contributed by atoms with van der Waals surface area (Å²) in [5.74, 6) is 3.12. The molecule has 1 heteroatoms. The van der Waals surface area contributed by atoms with Crippen LogP contribution in [0.3, 0.4) is 0 Å². The van der Waals surface area contributed by atoms with Crippen molar-refractivity contribution in [2.24, 2.45) is 23.5 Å². The van der Waals surface area contributed by atoms with Gasteiger partial charge in [0.2, 0.25) is 0 Å². The van der Waals surface area contributed by atoms with Gasteiger partial charge in [-0.1, -0.05) is 38.5 Å². The molecule has 0 spiro atoms. The number of fused-ring (bicyclic) bond motifs is 2. The van der Waals surface area contributed by atoms with Crippen LogP contribution in [0.25, 0.3) is 0 Å². The molecule has 12 heavy (non-hydrogen) atoms. The third-order valence-electron chi connectivity index (χ3n) is 4.01. The van der Waals surface area contributed by atoms with Gasteiger partial charge in [0.15, 0.2) is 0 Å². The Labute approximate surface area is 75.7 Å². The van der Waals surface area contributed by atoms with E-state index in [-0.39, 0.29) is 0 Å². The Bertz CT molecular complexity index is 122. The molecule has 0 amide bonds. The first kappa shape index (κ1) is 8.55. The minimum Gasteiger partial charge on any atom is -0.330 e. The summed E-state index contributed by atoms with van der Waals surface area (Å²) < 4.78 is 0. The van der Waals surface area contributed by atoms with Crippen molar-refractivity contribution < 1.29 is 0 Å². The summed E-state index contributed by atoms with van der Waals surface area (Å²) in [6.07, 6.45) is 10.3. The molecule has 0 atom stereocenters. The molecule has 2 bridgehead atoms. The van der Waals surface area contributed by atoms with Crippen LogP contribution in [-0.4, -0.2) is 6.54 Å². The molecule has 0 aromatic heterocycles. The van der Waals surface area contributed by atoms with E-state index in [0.29, 0.717) is 0 Å². The van der Waals surface area contributed by atoms with Crippen LogP contribution in [0, 0.1) is 17.8 Å². The highest BCUT2D eigenvalue weighted by atomic mass is 14.5. The second kappa shape index (κ2) is 3.78. The zero-order chi connectivity index (χ0) is 8.39. The first-order chi connectivity index (χ1) is 5.92. The lowest BCUT2D eigenvalue weighted by atomic mass is 9.63. The molecule has 0 aromatic carbocycles. The van der Waals surface area contributed by atoms with Crippen molar-refractivity contribution in [2.45, 2.75) is 44.9 Å². The van der Waals surface area contributed by atoms with Crippen molar-refractivity contribution >= 4 is 0 Å². The normalized spacial score (nSPS) is 41.2. The fraction of sp³-hybridized carbons (Fsp3) is 1.00. The van der Waals surface area contributed by atoms with Gasteiger partial charge < -0.3 is 5.73 Å². The van der Waals surface area contributed by atoms with Gasteiger partial charge in [-0.3, -0.25) is 0 Å². The molecular formula is C11H21N. The van der Waals surface area contributed by atoms with Gasteiger partial charge in [-0.2, -0.15) is 0 Å². The van der Waals surface area contributed by atoms with Crippen molar-refractivity contribution in [3.63, 3.8) is 0 Å². The highest BCUT2D eigenvalue weighted by molar-refractivity contribution is 4.86. The molecule has 0 unspecified atom stereocenters. The lowest BCUT2D eigenvalue weighted by molar-refractivity contribution is 0.0876. The molecule has 2 saturated carbocycles. The molecule has 0 saturated heterocycles. The molecular weight excluding hydrogens is 146 g/mol. The summed E-state index contributed by atoms with van der Waals surface area (Å²) in [5, 5.41) is 0. The molecule has 2 rings (SSSR count). The van der Waals surface area contributed by atoms with E-state index in [1.54, 1.807) is 0 Å². The summed E-state index contributed by atoms with van der Waals surface area (Å²) in [7, 11) is 0. The summed E-state index contributed by atoms with van der Waals surface area (Å²) in [5.41, 5.74) is 5.66.